The Hall–Kier alpha value is -2.11. The van der Waals surface area contributed by atoms with Gasteiger partial charge >= 0.3 is 5.97 Å². The highest BCUT2D eigenvalue weighted by Crippen LogP contribution is 2.14. The number of aromatic nitrogens is 2. The third-order valence-corrected chi connectivity index (χ3v) is 3.25. The van der Waals surface area contributed by atoms with E-state index < -0.39 is 12.0 Å². The predicted octanol–water partition coefficient (Wildman–Crippen LogP) is 2.06. The molecular formula is C15H23N3O3. The van der Waals surface area contributed by atoms with E-state index in [0.29, 0.717) is 11.3 Å². The number of carbonyl (C=O) groups excluding carboxylic acids is 1. The maximum atomic E-state index is 12.3. The molecule has 6 nitrogen and oxygen atoms in total. The van der Waals surface area contributed by atoms with Crippen molar-refractivity contribution in [3.63, 3.8) is 0 Å². The molecule has 0 fully saturated rings. The van der Waals surface area contributed by atoms with Crippen molar-refractivity contribution < 1.29 is 14.7 Å². The van der Waals surface area contributed by atoms with Gasteiger partial charge in [-0.25, -0.2) is 4.79 Å². The smallest absolute Gasteiger partial charge is 0.326 e. The summed E-state index contributed by atoms with van der Waals surface area (Å²) in [6.07, 6.45) is 4.66. The van der Waals surface area contributed by atoms with Gasteiger partial charge in [-0.15, -0.1) is 0 Å². The molecule has 1 aromatic rings. The molecule has 1 unspecified atom stereocenters. The molecule has 1 amide bonds. The van der Waals surface area contributed by atoms with Crippen LogP contribution in [-0.4, -0.2) is 32.8 Å². The van der Waals surface area contributed by atoms with Crippen LogP contribution < -0.4 is 5.32 Å². The van der Waals surface area contributed by atoms with Crippen LogP contribution in [0.1, 0.15) is 48.4 Å². The van der Waals surface area contributed by atoms with Crippen molar-refractivity contribution in [3.8, 4) is 0 Å². The summed E-state index contributed by atoms with van der Waals surface area (Å²) in [5.41, 5.74) is 1.85. The Morgan fingerprint density at radius 1 is 1.43 bits per heavy atom. The number of hydrogen-bond acceptors (Lipinski definition) is 3. The Bertz CT molecular complexity index is 547. The summed E-state index contributed by atoms with van der Waals surface area (Å²) in [7, 11) is 0. The van der Waals surface area contributed by atoms with Crippen molar-refractivity contribution in [1.82, 2.24) is 15.1 Å². The largest absolute Gasteiger partial charge is 0.480 e. The van der Waals surface area contributed by atoms with Crippen molar-refractivity contribution in [2.45, 2.75) is 53.1 Å². The molecule has 0 aromatic carbocycles. The first kappa shape index (κ1) is 16.9. The SMILES string of the molecule is C/C=C/CC(NC(=O)c1c(C)nn(CCC)c1C)C(=O)O. The number of rotatable bonds is 7. The Morgan fingerprint density at radius 3 is 2.62 bits per heavy atom. The van der Waals surface area contributed by atoms with Gasteiger partial charge in [0.05, 0.1) is 11.3 Å². The number of nitrogens with zero attached hydrogens (tertiary/aromatic N) is 2. The van der Waals surface area contributed by atoms with Gasteiger partial charge in [0.15, 0.2) is 0 Å². The molecule has 1 atom stereocenters. The number of aliphatic carboxylic acids is 1. The molecule has 0 aliphatic heterocycles. The highest BCUT2D eigenvalue weighted by molar-refractivity contribution is 5.98. The van der Waals surface area contributed by atoms with Crippen molar-refractivity contribution in [1.29, 1.82) is 0 Å². The third-order valence-electron chi connectivity index (χ3n) is 3.25. The Labute approximate surface area is 124 Å². The fourth-order valence-corrected chi connectivity index (χ4v) is 2.18. The van der Waals surface area contributed by atoms with Crippen molar-refractivity contribution in [2.24, 2.45) is 0 Å². The number of allylic oxidation sites excluding steroid dienone is 1. The number of carboxylic acid groups (broad SMARTS) is 1. The van der Waals surface area contributed by atoms with Crippen LogP contribution in [0, 0.1) is 13.8 Å². The summed E-state index contributed by atoms with van der Waals surface area (Å²) < 4.78 is 1.78. The molecule has 0 bridgehead atoms. The van der Waals surface area contributed by atoms with Gasteiger partial charge in [-0.05, 0) is 33.6 Å². The van der Waals surface area contributed by atoms with Crippen LogP contribution in [0.5, 0.6) is 0 Å². The minimum Gasteiger partial charge on any atom is -0.480 e. The fraction of sp³-hybridized carbons (Fsp3) is 0.533. The summed E-state index contributed by atoms with van der Waals surface area (Å²) in [5.74, 6) is -1.43. The molecule has 0 aliphatic rings. The summed E-state index contributed by atoms with van der Waals surface area (Å²) in [6, 6.07) is -0.929. The molecule has 116 valence electrons. The Balaban J connectivity index is 2.95. The quantitative estimate of drug-likeness (QED) is 0.754. The summed E-state index contributed by atoms with van der Waals surface area (Å²) in [5, 5.41) is 16.0. The highest BCUT2D eigenvalue weighted by Gasteiger charge is 2.23. The molecule has 21 heavy (non-hydrogen) atoms. The van der Waals surface area contributed by atoms with Gasteiger partial charge < -0.3 is 10.4 Å². The summed E-state index contributed by atoms with van der Waals surface area (Å²) >= 11 is 0. The van der Waals surface area contributed by atoms with E-state index in [9.17, 15) is 9.59 Å². The van der Waals surface area contributed by atoms with Gasteiger partial charge in [-0.2, -0.15) is 5.10 Å². The average Bonchev–Trinajstić information content (AvgIpc) is 2.69. The number of aryl methyl sites for hydroxylation is 2. The molecule has 1 heterocycles. The van der Waals surface area contributed by atoms with E-state index in [-0.39, 0.29) is 12.3 Å². The highest BCUT2D eigenvalue weighted by atomic mass is 16.4. The van der Waals surface area contributed by atoms with Crippen molar-refractivity contribution in [2.75, 3.05) is 0 Å². The van der Waals surface area contributed by atoms with Gasteiger partial charge in [0.2, 0.25) is 0 Å². The predicted molar refractivity (Wildman–Crippen MR) is 80.3 cm³/mol. The van der Waals surface area contributed by atoms with Gasteiger partial charge in [0.25, 0.3) is 5.91 Å². The molecule has 2 N–H and O–H groups in total. The van der Waals surface area contributed by atoms with Crippen molar-refractivity contribution in [3.05, 3.63) is 29.1 Å². The first-order valence-corrected chi connectivity index (χ1v) is 7.11. The lowest BCUT2D eigenvalue weighted by Gasteiger charge is -2.13. The zero-order chi connectivity index (χ0) is 16.0. The van der Waals surface area contributed by atoms with E-state index in [1.165, 1.54) is 0 Å². The molecule has 0 aliphatic carbocycles. The average molecular weight is 293 g/mol. The van der Waals surface area contributed by atoms with Gasteiger partial charge in [-0.3, -0.25) is 9.48 Å². The first-order chi connectivity index (χ1) is 9.92. The molecule has 0 radical (unpaired) electrons. The monoisotopic (exact) mass is 293 g/mol. The van der Waals surface area contributed by atoms with Gasteiger partial charge in [-0.1, -0.05) is 19.1 Å². The second-order valence-electron chi connectivity index (χ2n) is 4.94. The number of carboxylic acids is 1. The lowest BCUT2D eigenvalue weighted by atomic mass is 10.1. The van der Waals surface area contributed by atoms with Gasteiger partial charge in [0.1, 0.15) is 6.04 Å². The molecule has 1 rings (SSSR count). The number of nitrogens with one attached hydrogen (secondary N) is 1. The van der Waals surface area contributed by atoms with Crippen LogP contribution in [0.4, 0.5) is 0 Å². The van der Waals surface area contributed by atoms with E-state index in [2.05, 4.69) is 10.4 Å². The molecular weight excluding hydrogens is 270 g/mol. The van der Waals surface area contributed by atoms with E-state index >= 15 is 0 Å². The maximum absolute atomic E-state index is 12.3. The van der Waals surface area contributed by atoms with E-state index in [1.807, 2.05) is 20.8 Å². The maximum Gasteiger partial charge on any atom is 0.326 e. The van der Waals surface area contributed by atoms with E-state index in [4.69, 9.17) is 5.11 Å². The number of amides is 1. The normalized spacial score (nSPS) is 12.6. The Morgan fingerprint density at radius 2 is 2.10 bits per heavy atom. The topological polar surface area (TPSA) is 84.2 Å². The molecule has 1 aromatic heterocycles. The Kier molecular flexibility index (Phi) is 6.14. The minimum absolute atomic E-state index is 0.263. The molecule has 0 saturated heterocycles. The summed E-state index contributed by atoms with van der Waals surface area (Å²) in [6.45, 7) is 8.17. The fourth-order valence-electron chi connectivity index (χ4n) is 2.18. The lowest BCUT2D eigenvalue weighted by Crippen LogP contribution is -2.40. The standard InChI is InChI=1S/C15H23N3O3/c1-5-7-8-12(15(20)21)16-14(19)13-10(3)17-18(9-6-2)11(13)4/h5,7,12H,6,8-9H2,1-4H3,(H,16,19)(H,20,21)/b7-5+. The lowest BCUT2D eigenvalue weighted by molar-refractivity contribution is -0.139. The zero-order valence-corrected chi connectivity index (χ0v) is 13.0. The second-order valence-corrected chi connectivity index (χ2v) is 4.94. The van der Waals surface area contributed by atoms with Crippen LogP contribution in [-0.2, 0) is 11.3 Å². The molecule has 0 spiro atoms. The van der Waals surface area contributed by atoms with Gasteiger partial charge in [0, 0.05) is 12.2 Å². The van der Waals surface area contributed by atoms with Crippen LogP contribution in [0.25, 0.3) is 0 Å². The zero-order valence-electron chi connectivity index (χ0n) is 13.0. The molecule has 6 heteroatoms. The van der Waals surface area contributed by atoms with Crippen LogP contribution in [0.15, 0.2) is 12.2 Å². The van der Waals surface area contributed by atoms with Crippen LogP contribution in [0.2, 0.25) is 0 Å². The minimum atomic E-state index is -1.04. The third kappa shape index (κ3) is 4.18. The van der Waals surface area contributed by atoms with Crippen LogP contribution >= 0.6 is 0 Å². The van der Waals surface area contributed by atoms with E-state index in [0.717, 1.165) is 18.7 Å². The second kappa shape index (κ2) is 7.61. The summed E-state index contributed by atoms with van der Waals surface area (Å²) in [4.78, 5) is 23.5. The van der Waals surface area contributed by atoms with Crippen LogP contribution in [0.3, 0.4) is 0 Å². The first-order valence-electron chi connectivity index (χ1n) is 7.11. The molecule has 0 saturated carbocycles. The number of carbonyl (C=O) groups is 2. The van der Waals surface area contributed by atoms with E-state index in [1.54, 1.807) is 23.8 Å². The van der Waals surface area contributed by atoms with Crippen molar-refractivity contribution >= 4 is 11.9 Å². The number of hydrogen-bond donors (Lipinski definition) is 2.